The Bertz CT molecular complexity index is 374. The predicted octanol–water partition coefficient (Wildman–Crippen LogP) is 3.05. The number of rotatable bonds is 4. The third-order valence-corrected chi connectivity index (χ3v) is 5.10. The SMILES string of the molecule is CC(C)CN1CC[C@@H]2[C@@H]1CCN2Cc1ccsc1. The van der Waals surface area contributed by atoms with Crippen LogP contribution in [-0.4, -0.2) is 41.5 Å². The van der Waals surface area contributed by atoms with E-state index < -0.39 is 0 Å². The molecule has 18 heavy (non-hydrogen) atoms. The van der Waals surface area contributed by atoms with E-state index in [4.69, 9.17) is 0 Å². The van der Waals surface area contributed by atoms with Gasteiger partial charge in [0, 0.05) is 38.3 Å². The summed E-state index contributed by atoms with van der Waals surface area (Å²) in [6.07, 6.45) is 2.75. The lowest BCUT2D eigenvalue weighted by molar-refractivity contribution is 0.204. The highest BCUT2D eigenvalue weighted by molar-refractivity contribution is 7.07. The van der Waals surface area contributed by atoms with Crippen LogP contribution in [-0.2, 0) is 6.54 Å². The maximum absolute atomic E-state index is 2.74. The van der Waals surface area contributed by atoms with E-state index in [-0.39, 0.29) is 0 Å². The molecule has 1 aromatic rings. The number of thiophene rings is 1. The van der Waals surface area contributed by atoms with E-state index in [0.29, 0.717) is 0 Å². The lowest BCUT2D eigenvalue weighted by atomic mass is 10.1. The van der Waals surface area contributed by atoms with Gasteiger partial charge in [-0.1, -0.05) is 13.8 Å². The minimum Gasteiger partial charge on any atom is -0.298 e. The second-order valence-electron chi connectivity index (χ2n) is 6.20. The Morgan fingerprint density at radius 1 is 1.22 bits per heavy atom. The molecule has 0 bridgehead atoms. The maximum Gasteiger partial charge on any atom is 0.0267 e. The number of hydrogen-bond donors (Lipinski definition) is 0. The normalized spacial score (nSPS) is 29.3. The zero-order valence-corrected chi connectivity index (χ0v) is 12.3. The maximum atomic E-state index is 2.74. The quantitative estimate of drug-likeness (QED) is 0.825. The minimum absolute atomic E-state index is 0.801. The summed E-state index contributed by atoms with van der Waals surface area (Å²) in [5, 5.41) is 4.50. The van der Waals surface area contributed by atoms with Crippen molar-refractivity contribution in [2.75, 3.05) is 19.6 Å². The topological polar surface area (TPSA) is 6.48 Å². The molecule has 1 aromatic heterocycles. The van der Waals surface area contributed by atoms with Gasteiger partial charge in [-0.25, -0.2) is 0 Å². The summed E-state index contributed by atoms with van der Waals surface area (Å²) in [7, 11) is 0. The third-order valence-electron chi connectivity index (χ3n) is 4.37. The van der Waals surface area contributed by atoms with Crippen LogP contribution >= 0.6 is 11.3 Å². The van der Waals surface area contributed by atoms with Gasteiger partial charge in [-0.05, 0) is 41.1 Å². The summed E-state index contributed by atoms with van der Waals surface area (Å²) in [4.78, 5) is 5.45. The van der Waals surface area contributed by atoms with E-state index in [1.165, 1.54) is 44.6 Å². The average molecular weight is 264 g/mol. The number of likely N-dealkylation sites (tertiary alicyclic amines) is 2. The molecule has 0 unspecified atom stereocenters. The van der Waals surface area contributed by atoms with Gasteiger partial charge in [0.05, 0.1) is 0 Å². The van der Waals surface area contributed by atoms with E-state index in [1.807, 2.05) is 11.3 Å². The van der Waals surface area contributed by atoms with Crippen molar-refractivity contribution in [1.29, 1.82) is 0 Å². The van der Waals surface area contributed by atoms with E-state index in [9.17, 15) is 0 Å². The summed E-state index contributed by atoms with van der Waals surface area (Å²) < 4.78 is 0. The summed E-state index contributed by atoms with van der Waals surface area (Å²) in [5.74, 6) is 0.801. The molecular weight excluding hydrogens is 240 g/mol. The first-order valence-corrected chi connectivity index (χ1v) is 8.17. The molecule has 2 aliphatic rings. The van der Waals surface area contributed by atoms with Gasteiger partial charge < -0.3 is 0 Å². The molecule has 2 nitrogen and oxygen atoms in total. The van der Waals surface area contributed by atoms with Gasteiger partial charge >= 0.3 is 0 Å². The van der Waals surface area contributed by atoms with Gasteiger partial charge in [0.1, 0.15) is 0 Å². The van der Waals surface area contributed by atoms with E-state index in [2.05, 4.69) is 40.5 Å². The van der Waals surface area contributed by atoms with Crippen molar-refractivity contribution in [2.45, 2.75) is 45.3 Å². The van der Waals surface area contributed by atoms with Crippen molar-refractivity contribution in [3.63, 3.8) is 0 Å². The molecule has 3 heteroatoms. The van der Waals surface area contributed by atoms with E-state index in [1.54, 1.807) is 0 Å². The summed E-state index contributed by atoms with van der Waals surface area (Å²) in [6, 6.07) is 3.94. The Labute approximate surface area is 115 Å². The predicted molar refractivity (Wildman–Crippen MR) is 78.0 cm³/mol. The minimum atomic E-state index is 0.801. The summed E-state index contributed by atoms with van der Waals surface area (Å²) >= 11 is 1.82. The first kappa shape index (κ1) is 12.6. The monoisotopic (exact) mass is 264 g/mol. The van der Waals surface area contributed by atoms with Crippen LogP contribution in [0.5, 0.6) is 0 Å². The van der Waals surface area contributed by atoms with Crippen LogP contribution in [0.1, 0.15) is 32.3 Å². The molecule has 3 heterocycles. The molecule has 2 aliphatic heterocycles. The molecule has 2 atom stereocenters. The Balaban J connectivity index is 1.61. The average Bonchev–Trinajstić information content (AvgIpc) is 2.99. The van der Waals surface area contributed by atoms with Crippen LogP contribution in [0.4, 0.5) is 0 Å². The van der Waals surface area contributed by atoms with Crippen molar-refractivity contribution in [2.24, 2.45) is 5.92 Å². The molecule has 2 fully saturated rings. The van der Waals surface area contributed by atoms with E-state index in [0.717, 1.165) is 18.0 Å². The summed E-state index contributed by atoms with van der Waals surface area (Å²) in [5.41, 5.74) is 1.50. The van der Waals surface area contributed by atoms with Gasteiger partial charge in [0.15, 0.2) is 0 Å². The van der Waals surface area contributed by atoms with Crippen LogP contribution in [0.3, 0.4) is 0 Å². The number of fused-ring (bicyclic) bond motifs is 1. The van der Waals surface area contributed by atoms with Gasteiger partial charge in [0.25, 0.3) is 0 Å². The van der Waals surface area contributed by atoms with Crippen LogP contribution in [0.25, 0.3) is 0 Å². The van der Waals surface area contributed by atoms with Crippen LogP contribution in [0, 0.1) is 5.92 Å². The smallest absolute Gasteiger partial charge is 0.0267 e. The van der Waals surface area contributed by atoms with Crippen LogP contribution in [0.15, 0.2) is 16.8 Å². The van der Waals surface area contributed by atoms with Gasteiger partial charge in [-0.3, -0.25) is 9.80 Å². The van der Waals surface area contributed by atoms with Crippen molar-refractivity contribution in [3.8, 4) is 0 Å². The zero-order chi connectivity index (χ0) is 12.5. The highest BCUT2D eigenvalue weighted by Gasteiger charge is 2.41. The second kappa shape index (κ2) is 5.32. The lowest BCUT2D eigenvalue weighted by Crippen LogP contribution is -2.37. The van der Waals surface area contributed by atoms with Crippen LogP contribution in [0.2, 0.25) is 0 Å². The second-order valence-corrected chi connectivity index (χ2v) is 6.98. The fourth-order valence-electron chi connectivity index (χ4n) is 3.67. The Kier molecular flexibility index (Phi) is 3.73. The Hall–Kier alpha value is -0.380. The molecule has 0 aliphatic carbocycles. The largest absolute Gasteiger partial charge is 0.298 e. The molecule has 0 aromatic carbocycles. The number of nitrogens with zero attached hydrogens (tertiary/aromatic N) is 2. The Morgan fingerprint density at radius 2 is 1.94 bits per heavy atom. The fraction of sp³-hybridized carbons (Fsp3) is 0.733. The molecular formula is C15H24N2S. The molecule has 0 N–H and O–H groups in total. The molecule has 0 saturated carbocycles. The molecule has 100 valence electrons. The fourth-order valence-corrected chi connectivity index (χ4v) is 4.33. The standard InChI is InChI=1S/C15H24N2S/c1-12(2)9-16-6-3-15-14(16)4-7-17(15)10-13-5-8-18-11-13/h5,8,11-12,14-15H,3-4,6-7,9-10H2,1-2H3/t14-,15+/m0/s1. The first-order valence-electron chi connectivity index (χ1n) is 7.23. The van der Waals surface area contributed by atoms with Crippen molar-refractivity contribution < 1.29 is 0 Å². The Morgan fingerprint density at radius 3 is 2.61 bits per heavy atom. The van der Waals surface area contributed by atoms with Gasteiger partial charge in [0.2, 0.25) is 0 Å². The molecule has 2 saturated heterocycles. The third kappa shape index (κ3) is 2.49. The molecule has 0 amide bonds. The van der Waals surface area contributed by atoms with Crippen LogP contribution < -0.4 is 0 Å². The van der Waals surface area contributed by atoms with Crippen molar-refractivity contribution in [3.05, 3.63) is 22.4 Å². The van der Waals surface area contributed by atoms with Gasteiger partial charge in [-0.15, -0.1) is 0 Å². The lowest BCUT2D eigenvalue weighted by Gasteiger charge is -2.26. The van der Waals surface area contributed by atoms with E-state index >= 15 is 0 Å². The summed E-state index contributed by atoms with van der Waals surface area (Å²) in [6.45, 7) is 9.73. The highest BCUT2D eigenvalue weighted by atomic mass is 32.1. The molecule has 0 spiro atoms. The first-order chi connectivity index (χ1) is 8.74. The molecule has 0 radical (unpaired) electrons. The zero-order valence-electron chi connectivity index (χ0n) is 11.5. The van der Waals surface area contributed by atoms with Crippen molar-refractivity contribution in [1.82, 2.24) is 9.80 Å². The number of hydrogen-bond acceptors (Lipinski definition) is 3. The van der Waals surface area contributed by atoms with Crippen molar-refractivity contribution >= 4 is 11.3 Å². The molecule has 3 rings (SSSR count). The van der Waals surface area contributed by atoms with Gasteiger partial charge in [-0.2, -0.15) is 11.3 Å². The highest BCUT2D eigenvalue weighted by Crippen LogP contribution is 2.33.